The van der Waals surface area contributed by atoms with Crippen LogP contribution in [0.5, 0.6) is 0 Å². The summed E-state index contributed by atoms with van der Waals surface area (Å²) in [6.07, 6.45) is 1.50. The molecule has 0 atom stereocenters. The van der Waals surface area contributed by atoms with Crippen LogP contribution in [0.25, 0.3) is 22.2 Å². The lowest BCUT2D eigenvalue weighted by Gasteiger charge is -2.11. The van der Waals surface area contributed by atoms with Gasteiger partial charge in [-0.1, -0.05) is 48.5 Å². The fraction of sp³-hybridized carbons (Fsp3) is 0.0417. The van der Waals surface area contributed by atoms with Crippen molar-refractivity contribution >= 4 is 34.6 Å². The van der Waals surface area contributed by atoms with Crippen molar-refractivity contribution in [2.75, 3.05) is 0 Å². The number of nitrogens with two attached hydrogens (primary N) is 1. The standard InChI is InChI=1S/C24H19N5O4/c25-24(31)27-26-14-20-19-8-4-5-9-21(19)28(23(20)17-6-2-1-3-7-17)15-22(30)16-10-12-18(13-11-16)29(32)33/h1-14H,15H2,(H3,25,27,31)/b26-14+. The summed E-state index contributed by atoms with van der Waals surface area (Å²) in [7, 11) is 0. The van der Waals surface area contributed by atoms with E-state index >= 15 is 0 Å². The molecule has 0 fully saturated rings. The predicted molar refractivity (Wildman–Crippen MR) is 125 cm³/mol. The highest BCUT2D eigenvalue weighted by molar-refractivity contribution is 6.08. The van der Waals surface area contributed by atoms with Crippen LogP contribution in [0, 0.1) is 10.1 Å². The molecular formula is C24H19N5O4. The van der Waals surface area contributed by atoms with Crippen LogP contribution in [-0.2, 0) is 6.54 Å². The molecule has 0 saturated carbocycles. The number of nitrogens with one attached hydrogen (secondary N) is 1. The maximum absolute atomic E-state index is 13.1. The molecule has 3 aromatic carbocycles. The Morgan fingerprint density at radius 3 is 2.33 bits per heavy atom. The zero-order valence-corrected chi connectivity index (χ0v) is 17.3. The van der Waals surface area contributed by atoms with Crippen molar-refractivity contribution < 1.29 is 14.5 Å². The normalized spacial score (nSPS) is 11.0. The van der Waals surface area contributed by atoms with Crippen LogP contribution in [0.1, 0.15) is 15.9 Å². The number of rotatable bonds is 7. The predicted octanol–water partition coefficient (Wildman–Crippen LogP) is 4.10. The molecule has 4 rings (SSSR count). The quantitative estimate of drug-likeness (QED) is 0.193. The summed E-state index contributed by atoms with van der Waals surface area (Å²) in [5.74, 6) is -0.207. The number of para-hydroxylation sites is 1. The van der Waals surface area contributed by atoms with E-state index in [9.17, 15) is 19.7 Å². The molecule has 0 bridgehead atoms. The molecule has 0 radical (unpaired) electrons. The van der Waals surface area contributed by atoms with Crippen LogP contribution >= 0.6 is 0 Å². The van der Waals surface area contributed by atoms with E-state index < -0.39 is 11.0 Å². The summed E-state index contributed by atoms with van der Waals surface area (Å²) in [6, 6.07) is 21.8. The van der Waals surface area contributed by atoms with Gasteiger partial charge in [-0.15, -0.1) is 0 Å². The Kier molecular flexibility index (Phi) is 5.94. The van der Waals surface area contributed by atoms with Crippen LogP contribution in [0.3, 0.4) is 0 Å². The van der Waals surface area contributed by atoms with Gasteiger partial charge in [0.1, 0.15) is 0 Å². The summed E-state index contributed by atoms with van der Waals surface area (Å²) in [4.78, 5) is 34.6. The van der Waals surface area contributed by atoms with E-state index in [-0.39, 0.29) is 18.0 Å². The first-order chi connectivity index (χ1) is 16.0. The molecule has 3 N–H and O–H groups in total. The van der Waals surface area contributed by atoms with Gasteiger partial charge in [-0.05, 0) is 23.8 Å². The van der Waals surface area contributed by atoms with E-state index in [1.807, 2.05) is 59.2 Å². The Morgan fingerprint density at radius 1 is 1.00 bits per heavy atom. The van der Waals surface area contributed by atoms with Crippen LogP contribution in [0.4, 0.5) is 10.5 Å². The van der Waals surface area contributed by atoms with Crippen LogP contribution in [-0.4, -0.2) is 27.5 Å². The molecule has 0 saturated heterocycles. The Hall–Kier alpha value is -4.79. The smallest absolute Gasteiger partial charge is 0.332 e. The number of carbonyl (C=O) groups is 2. The second kappa shape index (κ2) is 9.15. The highest BCUT2D eigenvalue weighted by Crippen LogP contribution is 2.33. The van der Waals surface area contributed by atoms with Gasteiger partial charge >= 0.3 is 6.03 Å². The van der Waals surface area contributed by atoms with Gasteiger partial charge in [0, 0.05) is 34.2 Å². The van der Waals surface area contributed by atoms with Crippen molar-refractivity contribution in [2.45, 2.75) is 6.54 Å². The van der Waals surface area contributed by atoms with Crippen molar-refractivity contribution in [3.8, 4) is 11.3 Å². The average Bonchev–Trinajstić information content (AvgIpc) is 3.12. The number of non-ortho nitro benzene ring substituents is 1. The zero-order valence-electron chi connectivity index (χ0n) is 17.3. The first-order valence-electron chi connectivity index (χ1n) is 9.98. The van der Waals surface area contributed by atoms with E-state index in [1.165, 1.54) is 30.5 Å². The van der Waals surface area contributed by atoms with Crippen molar-refractivity contribution in [1.29, 1.82) is 0 Å². The third kappa shape index (κ3) is 4.47. The van der Waals surface area contributed by atoms with E-state index in [4.69, 9.17) is 5.73 Å². The molecule has 0 aliphatic rings. The monoisotopic (exact) mass is 441 g/mol. The first-order valence-corrected chi connectivity index (χ1v) is 9.98. The van der Waals surface area contributed by atoms with Gasteiger partial charge in [-0.25, -0.2) is 10.2 Å². The number of aromatic nitrogens is 1. The van der Waals surface area contributed by atoms with E-state index in [0.717, 1.165) is 22.2 Å². The molecule has 0 aliphatic carbocycles. The van der Waals surface area contributed by atoms with Crippen molar-refractivity contribution in [1.82, 2.24) is 9.99 Å². The highest BCUT2D eigenvalue weighted by atomic mass is 16.6. The first kappa shape index (κ1) is 21.4. The van der Waals surface area contributed by atoms with Crippen molar-refractivity contribution in [3.63, 3.8) is 0 Å². The van der Waals surface area contributed by atoms with Gasteiger partial charge < -0.3 is 10.3 Å². The van der Waals surface area contributed by atoms with Gasteiger partial charge in [-0.2, -0.15) is 5.10 Å². The summed E-state index contributed by atoms with van der Waals surface area (Å²) in [5.41, 5.74) is 10.7. The molecule has 0 aliphatic heterocycles. The number of hydrogen-bond donors (Lipinski definition) is 2. The highest BCUT2D eigenvalue weighted by Gasteiger charge is 2.20. The number of amides is 2. The lowest BCUT2D eigenvalue weighted by Crippen LogP contribution is -2.24. The van der Waals surface area contributed by atoms with E-state index in [0.29, 0.717) is 11.1 Å². The zero-order chi connectivity index (χ0) is 23.4. The third-order valence-corrected chi connectivity index (χ3v) is 5.13. The number of benzene rings is 3. The Bertz CT molecular complexity index is 1380. The van der Waals surface area contributed by atoms with Gasteiger partial charge in [0.15, 0.2) is 5.78 Å². The fourth-order valence-corrected chi connectivity index (χ4v) is 3.70. The maximum atomic E-state index is 13.1. The number of nitro benzene ring substituents is 1. The summed E-state index contributed by atoms with van der Waals surface area (Å²) < 4.78 is 1.88. The molecule has 9 heteroatoms. The lowest BCUT2D eigenvalue weighted by molar-refractivity contribution is -0.384. The number of urea groups is 1. The number of hydrazone groups is 1. The molecule has 1 heterocycles. The fourth-order valence-electron chi connectivity index (χ4n) is 3.70. The van der Waals surface area contributed by atoms with E-state index in [2.05, 4.69) is 10.5 Å². The van der Waals surface area contributed by atoms with Crippen LogP contribution in [0.15, 0.2) is 84.0 Å². The average molecular weight is 441 g/mol. The van der Waals surface area contributed by atoms with Gasteiger partial charge in [-0.3, -0.25) is 14.9 Å². The number of fused-ring (bicyclic) bond motifs is 1. The number of nitro groups is 1. The van der Waals surface area contributed by atoms with Crippen molar-refractivity contribution in [2.24, 2.45) is 10.8 Å². The molecule has 0 unspecified atom stereocenters. The molecule has 33 heavy (non-hydrogen) atoms. The number of ketones is 1. The Labute approximate surface area is 188 Å². The summed E-state index contributed by atoms with van der Waals surface area (Å²) in [6.45, 7) is -0.000357. The SMILES string of the molecule is NC(=O)N/N=C/c1c(-c2ccccc2)n(CC(=O)c2ccc([N+](=O)[O-])cc2)c2ccccc12. The number of Topliss-reactive ketones (excluding diaryl/α,β-unsaturated/α-hetero) is 1. The molecule has 2 amide bonds. The van der Waals surface area contributed by atoms with Gasteiger partial charge in [0.25, 0.3) is 5.69 Å². The second-order valence-corrected chi connectivity index (χ2v) is 7.19. The largest absolute Gasteiger partial charge is 0.350 e. The van der Waals surface area contributed by atoms with Crippen LogP contribution in [0.2, 0.25) is 0 Å². The van der Waals surface area contributed by atoms with Crippen molar-refractivity contribution in [3.05, 3.63) is 100 Å². The Balaban J connectivity index is 1.84. The number of carbonyl (C=O) groups excluding carboxylic acids is 2. The van der Waals surface area contributed by atoms with Gasteiger partial charge in [0.2, 0.25) is 0 Å². The minimum Gasteiger partial charge on any atom is -0.350 e. The second-order valence-electron chi connectivity index (χ2n) is 7.19. The number of nitrogens with zero attached hydrogens (tertiary/aromatic N) is 3. The number of hydrogen-bond acceptors (Lipinski definition) is 5. The molecule has 0 spiro atoms. The minimum absolute atomic E-state index is 0.000357. The molecular weight excluding hydrogens is 422 g/mol. The molecule has 1 aromatic heterocycles. The molecule has 164 valence electrons. The Morgan fingerprint density at radius 2 is 1.67 bits per heavy atom. The molecule has 9 nitrogen and oxygen atoms in total. The summed E-state index contributed by atoms with van der Waals surface area (Å²) in [5, 5.41) is 15.7. The maximum Gasteiger partial charge on any atom is 0.332 e. The minimum atomic E-state index is -0.787. The third-order valence-electron chi connectivity index (χ3n) is 5.13. The van der Waals surface area contributed by atoms with E-state index in [1.54, 1.807) is 0 Å². The summed E-state index contributed by atoms with van der Waals surface area (Å²) >= 11 is 0. The molecule has 4 aromatic rings. The number of primary amides is 1. The van der Waals surface area contributed by atoms with Gasteiger partial charge in [0.05, 0.1) is 23.4 Å². The topological polar surface area (TPSA) is 133 Å². The lowest BCUT2D eigenvalue weighted by atomic mass is 10.1. The van der Waals surface area contributed by atoms with Crippen LogP contribution < -0.4 is 11.2 Å².